The van der Waals surface area contributed by atoms with Crippen molar-refractivity contribution in [2.75, 3.05) is 30.7 Å². The Hall–Kier alpha value is -2.38. The van der Waals surface area contributed by atoms with Crippen LogP contribution < -0.4 is 10.6 Å². The number of hydrogen-bond acceptors (Lipinski definition) is 10. The number of ether oxygens (including phenoxy) is 1. The molecule has 3 rings (SSSR count). The lowest BCUT2D eigenvalue weighted by Crippen LogP contribution is -2.76. The molecule has 2 fully saturated rings. The number of thiazole rings is 1. The molecule has 2 N–H and O–H groups in total. The van der Waals surface area contributed by atoms with Crippen molar-refractivity contribution in [2.24, 2.45) is 10.6 Å². The number of carbonyl (C=O) groups excluding carboxylic acids is 4. The molecule has 1 aromatic rings. The van der Waals surface area contributed by atoms with E-state index in [0.717, 1.165) is 11.3 Å². The topological polar surface area (TPSA) is 139 Å². The molecule has 14 heteroatoms. The van der Waals surface area contributed by atoms with E-state index in [9.17, 15) is 19.2 Å². The van der Waals surface area contributed by atoms with Crippen LogP contribution in [0.1, 0.15) is 26.5 Å². The standard InChI is InChI=1S/C19H24ClN5O6S2/c1-9-19(3,7-31-10(2)26)8-33-17-14(16(29)25(9)17)23-15(28)13(24-30-4)11-6-32-18(21-11)22-12(27)5-20/h6,9,14,17H,5,7-8H2,1-4H3,(H,23,28)(H,21,22,27)/b24-13-. The molecule has 1 aromatic heterocycles. The number of rotatable bonds is 8. The number of nitrogens with zero attached hydrogens (tertiary/aromatic N) is 3. The third-order valence-corrected chi connectivity index (χ3v) is 8.16. The summed E-state index contributed by atoms with van der Waals surface area (Å²) in [7, 11) is 1.29. The van der Waals surface area contributed by atoms with Crippen LogP contribution in [0.4, 0.5) is 5.13 Å². The average Bonchev–Trinajstić information content (AvgIpc) is 3.23. The van der Waals surface area contributed by atoms with Crippen molar-refractivity contribution in [1.29, 1.82) is 0 Å². The fourth-order valence-electron chi connectivity index (χ4n) is 3.47. The number of halogens is 1. The zero-order valence-corrected chi connectivity index (χ0v) is 20.8. The minimum atomic E-state index is -0.737. The van der Waals surface area contributed by atoms with Crippen molar-refractivity contribution in [2.45, 2.75) is 38.2 Å². The second-order valence-corrected chi connectivity index (χ2v) is 10.1. The molecule has 4 atom stereocenters. The Morgan fingerprint density at radius 3 is 2.79 bits per heavy atom. The number of carbonyl (C=O) groups is 4. The third kappa shape index (κ3) is 5.25. The van der Waals surface area contributed by atoms with Crippen molar-refractivity contribution in [3.8, 4) is 0 Å². The molecule has 4 unspecified atom stereocenters. The average molecular weight is 518 g/mol. The van der Waals surface area contributed by atoms with Gasteiger partial charge < -0.3 is 25.1 Å². The van der Waals surface area contributed by atoms with Crippen LogP contribution in [0.3, 0.4) is 0 Å². The number of thioether (sulfide) groups is 1. The highest BCUT2D eigenvalue weighted by Gasteiger charge is 2.58. The van der Waals surface area contributed by atoms with Gasteiger partial charge in [-0.2, -0.15) is 0 Å². The molecule has 11 nitrogen and oxygen atoms in total. The van der Waals surface area contributed by atoms with Crippen molar-refractivity contribution in [3.05, 3.63) is 11.1 Å². The van der Waals surface area contributed by atoms with Crippen LogP contribution in [0.2, 0.25) is 0 Å². The van der Waals surface area contributed by atoms with Crippen LogP contribution in [0.5, 0.6) is 0 Å². The first-order chi connectivity index (χ1) is 15.6. The van der Waals surface area contributed by atoms with Gasteiger partial charge in [0, 0.05) is 29.5 Å². The molecule has 0 bridgehead atoms. The van der Waals surface area contributed by atoms with Crippen LogP contribution in [-0.4, -0.2) is 82.1 Å². The number of nitrogens with one attached hydrogen (secondary N) is 2. The minimum Gasteiger partial charge on any atom is -0.465 e. The summed E-state index contributed by atoms with van der Waals surface area (Å²) in [6.07, 6.45) is 0. The smallest absolute Gasteiger partial charge is 0.302 e. The van der Waals surface area contributed by atoms with Crippen molar-refractivity contribution < 1.29 is 28.8 Å². The quantitative estimate of drug-likeness (QED) is 0.171. The maximum atomic E-state index is 12.9. The van der Waals surface area contributed by atoms with Gasteiger partial charge in [-0.05, 0) is 6.92 Å². The number of esters is 1. The molecule has 0 spiro atoms. The molecule has 3 heterocycles. The van der Waals surface area contributed by atoms with Crippen LogP contribution in [0.25, 0.3) is 0 Å². The highest BCUT2D eigenvalue weighted by atomic mass is 35.5. The largest absolute Gasteiger partial charge is 0.465 e. The number of anilines is 1. The van der Waals surface area contributed by atoms with Gasteiger partial charge in [-0.25, -0.2) is 4.98 Å². The summed E-state index contributed by atoms with van der Waals surface area (Å²) in [6, 6.07) is -0.915. The maximum absolute atomic E-state index is 12.9. The number of amides is 3. The third-order valence-electron chi connectivity index (χ3n) is 5.49. The number of β-lactam (4-membered cyclic amide) rings is 1. The van der Waals surface area contributed by atoms with Gasteiger partial charge in [0.25, 0.3) is 5.91 Å². The monoisotopic (exact) mass is 517 g/mol. The normalized spacial score (nSPS) is 26.7. The Bertz CT molecular complexity index is 988. The summed E-state index contributed by atoms with van der Waals surface area (Å²) in [6.45, 7) is 5.44. The van der Waals surface area contributed by atoms with E-state index in [0.29, 0.717) is 5.75 Å². The molecule has 0 radical (unpaired) electrons. The van der Waals surface area contributed by atoms with E-state index in [2.05, 4.69) is 20.8 Å². The molecule has 2 aliphatic rings. The van der Waals surface area contributed by atoms with Crippen LogP contribution in [0.15, 0.2) is 10.5 Å². The predicted octanol–water partition coefficient (Wildman–Crippen LogP) is 1.03. The molecule has 33 heavy (non-hydrogen) atoms. The van der Waals surface area contributed by atoms with Crippen molar-refractivity contribution in [1.82, 2.24) is 15.2 Å². The Morgan fingerprint density at radius 2 is 2.15 bits per heavy atom. The van der Waals surface area contributed by atoms with Gasteiger partial charge in [0.2, 0.25) is 11.8 Å². The number of oxime groups is 1. The molecule has 0 aromatic carbocycles. The van der Waals surface area contributed by atoms with Gasteiger partial charge in [-0.15, -0.1) is 34.7 Å². The lowest BCUT2D eigenvalue weighted by molar-refractivity contribution is -0.159. The van der Waals surface area contributed by atoms with Crippen LogP contribution in [-0.2, 0) is 28.8 Å². The van der Waals surface area contributed by atoms with E-state index < -0.39 is 23.3 Å². The molecule has 2 saturated heterocycles. The summed E-state index contributed by atoms with van der Waals surface area (Å²) in [5.41, 5.74) is -0.337. The number of fused-ring (bicyclic) bond motifs is 1. The molecule has 0 saturated carbocycles. The van der Waals surface area contributed by atoms with Crippen molar-refractivity contribution >= 4 is 69.2 Å². The summed E-state index contributed by atoms with van der Waals surface area (Å²) >= 11 is 8.09. The van der Waals surface area contributed by atoms with Gasteiger partial charge in [-0.3, -0.25) is 19.2 Å². The predicted molar refractivity (Wildman–Crippen MR) is 124 cm³/mol. The van der Waals surface area contributed by atoms with E-state index in [-0.39, 0.29) is 52.3 Å². The molecule has 3 amide bonds. The first-order valence-electron chi connectivity index (χ1n) is 9.92. The lowest BCUT2D eigenvalue weighted by atomic mass is 9.82. The lowest BCUT2D eigenvalue weighted by Gasteiger charge is -2.58. The van der Waals surface area contributed by atoms with E-state index in [1.54, 1.807) is 4.90 Å². The molecule has 180 valence electrons. The fourth-order valence-corrected chi connectivity index (χ4v) is 5.94. The highest BCUT2D eigenvalue weighted by Crippen LogP contribution is 2.46. The minimum absolute atomic E-state index is 0.125. The first kappa shape index (κ1) is 25.2. The Morgan fingerprint density at radius 1 is 1.42 bits per heavy atom. The Labute approximate surface area is 203 Å². The van der Waals surface area contributed by atoms with Crippen molar-refractivity contribution in [3.63, 3.8) is 0 Å². The molecular formula is C19H24ClN5O6S2. The molecular weight excluding hydrogens is 494 g/mol. The number of alkyl halides is 1. The van der Waals surface area contributed by atoms with Gasteiger partial charge in [0.05, 0.1) is 6.61 Å². The summed E-state index contributed by atoms with van der Waals surface area (Å²) < 4.78 is 5.20. The molecule has 2 aliphatic heterocycles. The summed E-state index contributed by atoms with van der Waals surface area (Å²) in [5, 5.41) is 10.5. The van der Waals surface area contributed by atoms with Gasteiger partial charge in [-0.1, -0.05) is 12.1 Å². The second-order valence-electron chi connectivity index (χ2n) is 7.85. The van der Waals surface area contributed by atoms with Gasteiger partial charge in [0.15, 0.2) is 10.8 Å². The first-order valence-corrected chi connectivity index (χ1v) is 12.4. The van der Waals surface area contributed by atoms with Gasteiger partial charge in [0.1, 0.15) is 30.1 Å². The molecule has 0 aliphatic carbocycles. The number of aromatic nitrogens is 1. The van der Waals surface area contributed by atoms with Gasteiger partial charge >= 0.3 is 5.97 Å². The Kier molecular flexibility index (Phi) is 7.85. The SMILES string of the molecule is CO/N=C(\C(=O)NC1C(=O)N2C1SCC(C)(COC(C)=O)C2C)c1csc(NC(=O)CCl)n1. The zero-order valence-electron chi connectivity index (χ0n) is 18.4. The van der Waals surface area contributed by atoms with E-state index >= 15 is 0 Å². The maximum Gasteiger partial charge on any atom is 0.302 e. The second kappa shape index (κ2) is 10.3. The Balaban J connectivity index is 1.68. The fraction of sp³-hybridized carbons (Fsp3) is 0.579. The number of hydrogen-bond donors (Lipinski definition) is 2. The van der Waals surface area contributed by atoms with E-state index in [4.69, 9.17) is 21.2 Å². The summed E-state index contributed by atoms with van der Waals surface area (Å²) in [4.78, 5) is 59.2. The highest BCUT2D eigenvalue weighted by molar-refractivity contribution is 8.00. The van der Waals surface area contributed by atoms with E-state index in [1.165, 1.54) is 31.2 Å². The summed E-state index contributed by atoms with van der Waals surface area (Å²) in [5.74, 6) is -1.24. The van der Waals surface area contributed by atoms with E-state index in [1.807, 2.05) is 13.8 Å². The van der Waals surface area contributed by atoms with Crippen LogP contribution >= 0.6 is 34.7 Å². The van der Waals surface area contributed by atoms with Crippen LogP contribution in [0, 0.1) is 5.41 Å². The zero-order chi connectivity index (χ0) is 24.3.